The van der Waals surface area contributed by atoms with Crippen LogP contribution >= 0.6 is 0 Å². The van der Waals surface area contributed by atoms with Gasteiger partial charge in [0, 0.05) is 32.7 Å². The molecule has 0 bridgehead atoms. The summed E-state index contributed by atoms with van der Waals surface area (Å²) in [6.07, 6.45) is 1.13. The van der Waals surface area contributed by atoms with E-state index in [9.17, 15) is 14.7 Å². The second-order valence-corrected chi connectivity index (χ2v) is 8.57. The van der Waals surface area contributed by atoms with Crippen molar-refractivity contribution in [2.45, 2.75) is 39.5 Å². The van der Waals surface area contributed by atoms with Crippen molar-refractivity contribution in [3.05, 3.63) is 52.2 Å². The Morgan fingerprint density at radius 3 is 2.52 bits per heavy atom. The summed E-state index contributed by atoms with van der Waals surface area (Å²) in [5, 5.41) is 10.4. The summed E-state index contributed by atoms with van der Waals surface area (Å²) in [7, 11) is 1.58. The first-order valence-corrected chi connectivity index (χ1v) is 10.3. The minimum atomic E-state index is -0.529. The standard InChI is InChI=1S/C22H30N4O5/c1-22(2,3)31-21(29)25-10-8-24(9-11-25)14-18-19(27)20(28)26(15-23-18)13-16-6-5-7-17(12-16)30-4/h5-7,12,15,27H,8-11,13-14H2,1-4H3. The molecule has 1 aliphatic heterocycles. The maximum absolute atomic E-state index is 12.6. The number of aromatic nitrogens is 2. The topological polar surface area (TPSA) is 97.1 Å². The van der Waals surface area contributed by atoms with Crippen molar-refractivity contribution in [2.75, 3.05) is 33.3 Å². The largest absolute Gasteiger partial charge is 0.502 e. The van der Waals surface area contributed by atoms with Gasteiger partial charge in [-0.1, -0.05) is 12.1 Å². The Balaban J connectivity index is 1.61. The van der Waals surface area contributed by atoms with Crippen LogP contribution in [0.5, 0.6) is 11.5 Å². The van der Waals surface area contributed by atoms with Crippen molar-refractivity contribution >= 4 is 6.09 Å². The van der Waals surface area contributed by atoms with Gasteiger partial charge in [-0.25, -0.2) is 9.78 Å². The molecule has 1 saturated heterocycles. The fraction of sp³-hybridized carbons (Fsp3) is 0.500. The number of hydrogen-bond acceptors (Lipinski definition) is 7. The van der Waals surface area contributed by atoms with Crippen LogP contribution in [0.3, 0.4) is 0 Å². The third-order valence-corrected chi connectivity index (χ3v) is 4.97. The molecule has 0 saturated carbocycles. The van der Waals surface area contributed by atoms with E-state index in [2.05, 4.69) is 9.88 Å². The molecule has 1 aliphatic rings. The maximum atomic E-state index is 12.6. The Morgan fingerprint density at radius 1 is 1.16 bits per heavy atom. The molecule has 2 aromatic rings. The van der Waals surface area contributed by atoms with Crippen LogP contribution in [0.15, 0.2) is 35.4 Å². The number of methoxy groups -OCH3 is 1. The lowest BCUT2D eigenvalue weighted by molar-refractivity contribution is 0.0137. The van der Waals surface area contributed by atoms with Crippen LogP contribution in [0.25, 0.3) is 0 Å². The van der Waals surface area contributed by atoms with Gasteiger partial charge >= 0.3 is 6.09 Å². The number of benzene rings is 1. The quantitative estimate of drug-likeness (QED) is 0.775. The average molecular weight is 431 g/mol. The maximum Gasteiger partial charge on any atom is 0.410 e. The molecule has 0 atom stereocenters. The molecule has 1 amide bonds. The van der Waals surface area contributed by atoms with E-state index in [1.165, 1.54) is 10.9 Å². The first-order chi connectivity index (χ1) is 14.7. The highest BCUT2D eigenvalue weighted by Gasteiger charge is 2.26. The Labute approximate surface area is 181 Å². The number of ether oxygens (including phenoxy) is 2. The summed E-state index contributed by atoms with van der Waals surface area (Å²) in [5.41, 5.74) is 0.185. The summed E-state index contributed by atoms with van der Waals surface area (Å²) >= 11 is 0. The lowest BCUT2D eigenvalue weighted by Crippen LogP contribution is -2.49. The number of nitrogens with zero attached hydrogens (tertiary/aromatic N) is 4. The van der Waals surface area contributed by atoms with Gasteiger partial charge in [-0.15, -0.1) is 0 Å². The molecule has 9 nitrogen and oxygen atoms in total. The van der Waals surface area contributed by atoms with Gasteiger partial charge in [-0.3, -0.25) is 14.3 Å². The van der Waals surface area contributed by atoms with E-state index in [0.29, 0.717) is 44.2 Å². The van der Waals surface area contributed by atoms with Crippen molar-refractivity contribution in [3.63, 3.8) is 0 Å². The molecule has 3 rings (SSSR count). The Hall–Kier alpha value is -3.07. The van der Waals surface area contributed by atoms with Crippen LogP contribution in [0.2, 0.25) is 0 Å². The van der Waals surface area contributed by atoms with E-state index in [0.717, 1.165) is 5.56 Å². The van der Waals surface area contributed by atoms with Crippen LogP contribution in [0.1, 0.15) is 32.0 Å². The highest BCUT2D eigenvalue weighted by molar-refractivity contribution is 5.68. The van der Waals surface area contributed by atoms with Crippen molar-refractivity contribution in [1.82, 2.24) is 19.4 Å². The Morgan fingerprint density at radius 2 is 1.87 bits per heavy atom. The van der Waals surface area contributed by atoms with Crippen molar-refractivity contribution in [2.24, 2.45) is 0 Å². The summed E-state index contributed by atoms with van der Waals surface area (Å²) < 4.78 is 12.0. The highest BCUT2D eigenvalue weighted by Crippen LogP contribution is 2.17. The van der Waals surface area contributed by atoms with E-state index in [-0.39, 0.29) is 18.4 Å². The van der Waals surface area contributed by atoms with Crippen LogP contribution in [-0.2, 0) is 17.8 Å². The van der Waals surface area contributed by atoms with E-state index in [1.807, 2.05) is 45.0 Å². The number of piperazine rings is 1. The van der Waals surface area contributed by atoms with Crippen LogP contribution in [-0.4, -0.2) is 69.4 Å². The monoisotopic (exact) mass is 430 g/mol. The van der Waals surface area contributed by atoms with Gasteiger partial charge in [0.25, 0.3) is 5.56 Å². The zero-order chi connectivity index (χ0) is 22.6. The molecule has 1 aromatic carbocycles. The minimum Gasteiger partial charge on any atom is -0.502 e. The molecule has 1 fully saturated rings. The Kier molecular flexibility index (Phi) is 6.84. The van der Waals surface area contributed by atoms with E-state index < -0.39 is 11.2 Å². The molecule has 2 heterocycles. The number of carbonyl (C=O) groups is 1. The number of aromatic hydroxyl groups is 1. The highest BCUT2D eigenvalue weighted by atomic mass is 16.6. The van der Waals surface area contributed by atoms with Crippen LogP contribution in [0.4, 0.5) is 4.79 Å². The first-order valence-electron chi connectivity index (χ1n) is 10.3. The van der Waals surface area contributed by atoms with Crippen molar-refractivity contribution < 1.29 is 19.4 Å². The van der Waals surface area contributed by atoms with Gasteiger partial charge in [0.05, 0.1) is 20.0 Å². The SMILES string of the molecule is COc1cccc(Cn2cnc(CN3CCN(C(=O)OC(C)(C)C)CC3)c(O)c2=O)c1. The minimum absolute atomic E-state index is 0.283. The molecule has 1 aromatic heterocycles. The second-order valence-electron chi connectivity index (χ2n) is 8.57. The molecule has 0 aliphatic carbocycles. The summed E-state index contributed by atoms with van der Waals surface area (Å²) in [6.45, 7) is 8.38. The second kappa shape index (κ2) is 9.38. The molecule has 31 heavy (non-hydrogen) atoms. The molecule has 168 valence electrons. The lowest BCUT2D eigenvalue weighted by atomic mass is 10.2. The Bertz CT molecular complexity index is 975. The molecule has 9 heteroatoms. The first kappa shape index (κ1) is 22.6. The van der Waals surface area contributed by atoms with Crippen molar-refractivity contribution in [3.8, 4) is 11.5 Å². The normalized spacial score (nSPS) is 15.0. The van der Waals surface area contributed by atoms with Gasteiger partial charge in [0.1, 0.15) is 17.0 Å². The zero-order valence-electron chi connectivity index (χ0n) is 18.5. The summed E-state index contributed by atoms with van der Waals surface area (Å²) in [5.74, 6) is 0.352. The van der Waals surface area contributed by atoms with Gasteiger partial charge in [0.2, 0.25) is 5.75 Å². The van der Waals surface area contributed by atoms with Gasteiger partial charge in [0.15, 0.2) is 0 Å². The van der Waals surface area contributed by atoms with Gasteiger partial charge in [-0.05, 0) is 38.5 Å². The number of amides is 1. The van der Waals surface area contributed by atoms with Crippen LogP contribution < -0.4 is 10.3 Å². The van der Waals surface area contributed by atoms with Crippen LogP contribution in [0, 0.1) is 0 Å². The lowest BCUT2D eigenvalue weighted by Gasteiger charge is -2.35. The van der Waals surface area contributed by atoms with E-state index in [4.69, 9.17) is 9.47 Å². The third kappa shape index (κ3) is 5.97. The smallest absolute Gasteiger partial charge is 0.410 e. The fourth-order valence-corrected chi connectivity index (χ4v) is 3.34. The molecule has 0 spiro atoms. The van der Waals surface area contributed by atoms with Crippen molar-refractivity contribution in [1.29, 1.82) is 0 Å². The number of rotatable bonds is 5. The van der Waals surface area contributed by atoms with Gasteiger partial charge in [-0.2, -0.15) is 0 Å². The molecule has 1 N–H and O–H groups in total. The predicted molar refractivity (Wildman–Crippen MR) is 115 cm³/mol. The summed E-state index contributed by atoms with van der Waals surface area (Å²) in [4.78, 5) is 32.8. The van der Waals surface area contributed by atoms with Gasteiger partial charge < -0.3 is 19.5 Å². The van der Waals surface area contributed by atoms with E-state index in [1.54, 1.807) is 12.0 Å². The van der Waals surface area contributed by atoms with E-state index >= 15 is 0 Å². The molecule has 0 radical (unpaired) electrons. The fourth-order valence-electron chi connectivity index (χ4n) is 3.34. The molecule has 0 unspecified atom stereocenters. The summed E-state index contributed by atoms with van der Waals surface area (Å²) in [6, 6.07) is 7.39. The molecular formula is C22H30N4O5. The number of hydrogen-bond donors (Lipinski definition) is 1. The zero-order valence-corrected chi connectivity index (χ0v) is 18.5. The average Bonchev–Trinajstić information content (AvgIpc) is 2.73. The third-order valence-electron chi connectivity index (χ3n) is 4.97. The predicted octanol–water partition coefficient (Wildman–Crippen LogP) is 2.06. The number of carbonyl (C=O) groups excluding carboxylic acids is 1. The molecular weight excluding hydrogens is 400 g/mol.